The normalized spacial score (nSPS) is 17.9. The van der Waals surface area contributed by atoms with Crippen LogP contribution in [-0.2, 0) is 0 Å². The molecule has 1 amide bonds. The maximum atomic E-state index is 13.0. The molecule has 1 saturated heterocycles. The molecular weight excluding hydrogens is 307 g/mol. The van der Waals surface area contributed by atoms with Crippen molar-refractivity contribution in [2.45, 2.75) is 18.8 Å². The number of amides is 1. The Bertz CT molecular complexity index is 720. The summed E-state index contributed by atoms with van der Waals surface area (Å²) in [6, 6.07) is 9.80. The predicted octanol–water partition coefficient (Wildman–Crippen LogP) is 2.46. The van der Waals surface area contributed by atoms with Gasteiger partial charge in [-0.05, 0) is 49.2 Å². The topological polar surface area (TPSA) is 49.3 Å². The van der Waals surface area contributed by atoms with Gasteiger partial charge in [0.25, 0.3) is 5.91 Å². The van der Waals surface area contributed by atoms with Crippen LogP contribution in [0, 0.1) is 5.82 Å². The van der Waals surface area contributed by atoms with Crippen molar-refractivity contribution < 1.29 is 9.18 Å². The smallest absolute Gasteiger partial charge is 0.253 e. The van der Waals surface area contributed by atoms with Crippen LogP contribution in [0.25, 0.3) is 0 Å². The summed E-state index contributed by atoms with van der Waals surface area (Å²) in [5.74, 6) is 1.10. The van der Waals surface area contributed by atoms with E-state index in [2.05, 4.69) is 21.2 Å². The Kier molecular flexibility index (Phi) is 3.88. The van der Waals surface area contributed by atoms with Crippen molar-refractivity contribution in [3.8, 4) is 0 Å². The molecule has 2 aliphatic rings. The summed E-state index contributed by atoms with van der Waals surface area (Å²) in [6.45, 7) is 2.71. The highest BCUT2D eigenvalue weighted by Crippen LogP contribution is 2.38. The Morgan fingerprint density at radius 3 is 2.25 bits per heavy atom. The van der Waals surface area contributed by atoms with Crippen LogP contribution in [0.15, 0.2) is 36.4 Å². The van der Waals surface area contributed by atoms with E-state index >= 15 is 0 Å². The molecule has 0 atom stereocenters. The van der Waals surface area contributed by atoms with Crippen molar-refractivity contribution >= 4 is 11.7 Å². The quantitative estimate of drug-likeness (QED) is 0.869. The molecule has 0 bridgehead atoms. The molecule has 1 aliphatic heterocycles. The Hall–Kier alpha value is -2.50. The fourth-order valence-electron chi connectivity index (χ4n) is 3.01. The van der Waals surface area contributed by atoms with Crippen LogP contribution in [0.1, 0.15) is 34.8 Å². The molecule has 2 aromatic rings. The minimum Gasteiger partial charge on any atom is -0.352 e. The standard InChI is InChI=1S/C18H19FN4O/c19-15-5-3-14(4-6-15)18(24)23-11-9-22(10-12-23)17-8-7-16(20-21-17)13-1-2-13/h3-8,13H,1-2,9-12H2. The second-order valence-corrected chi connectivity index (χ2v) is 6.38. The largest absolute Gasteiger partial charge is 0.352 e. The molecule has 1 aliphatic carbocycles. The molecular formula is C18H19FN4O. The number of piperazine rings is 1. The SMILES string of the molecule is O=C(c1ccc(F)cc1)N1CCN(c2ccc(C3CC3)nn2)CC1. The van der Waals surface area contributed by atoms with Gasteiger partial charge in [0.05, 0.1) is 5.69 Å². The van der Waals surface area contributed by atoms with Gasteiger partial charge in [-0.15, -0.1) is 5.10 Å². The maximum Gasteiger partial charge on any atom is 0.253 e. The summed E-state index contributed by atoms with van der Waals surface area (Å²) in [7, 11) is 0. The van der Waals surface area contributed by atoms with E-state index in [0.717, 1.165) is 24.6 Å². The van der Waals surface area contributed by atoms with Crippen molar-refractivity contribution in [3.63, 3.8) is 0 Å². The summed E-state index contributed by atoms with van der Waals surface area (Å²) < 4.78 is 13.0. The summed E-state index contributed by atoms with van der Waals surface area (Å²) in [4.78, 5) is 16.4. The molecule has 0 unspecified atom stereocenters. The highest BCUT2D eigenvalue weighted by molar-refractivity contribution is 5.94. The zero-order valence-corrected chi connectivity index (χ0v) is 13.4. The van der Waals surface area contributed by atoms with Crippen LogP contribution in [0.5, 0.6) is 0 Å². The molecule has 6 heteroatoms. The molecule has 1 saturated carbocycles. The first-order valence-corrected chi connectivity index (χ1v) is 8.34. The van der Waals surface area contributed by atoms with Gasteiger partial charge in [-0.2, -0.15) is 5.10 Å². The highest BCUT2D eigenvalue weighted by Gasteiger charge is 2.26. The monoisotopic (exact) mass is 326 g/mol. The molecule has 24 heavy (non-hydrogen) atoms. The number of hydrogen-bond acceptors (Lipinski definition) is 4. The van der Waals surface area contributed by atoms with Gasteiger partial charge >= 0.3 is 0 Å². The molecule has 1 aromatic heterocycles. The summed E-state index contributed by atoms with van der Waals surface area (Å²) in [5.41, 5.74) is 1.61. The van der Waals surface area contributed by atoms with Crippen molar-refractivity contribution in [3.05, 3.63) is 53.5 Å². The first-order chi connectivity index (χ1) is 11.7. The Balaban J connectivity index is 1.37. The van der Waals surface area contributed by atoms with Crippen LogP contribution >= 0.6 is 0 Å². The van der Waals surface area contributed by atoms with Gasteiger partial charge < -0.3 is 9.80 Å². The molecule has 5 nitrogen and oxygen atoms in total. The van der Waals surface area contributed by atoms with Crippen LogP contribution in [0.4, 0.5) is 10.2 Å². The fourth-order valence-corrected chi connectivity index (χ4v) is 3.01. The number of carbonyl (C=O) groups is 1. The van der Waals surface area contributed by atoms with Gasteiger partial charge in [0, 0.05) is 37.7 Å². The third-order valence-electron chi connectivity index (χ3n) is 4.65. The van der Waals surface area contributed by atoms with E-state index in [1.54, 1.807) is 4.90 Å². The van der Waals surface area contributed by atoms with Crippen LogP contribution in [-0.4, -0.2) is 47.2 Å². The minimum atomic E-state index is -0.329. The van der Waals surface area contributed by atoms with Crippen molar-refractivity contribution in [2.24, 2.45) is 0 Å². The van der Waals surface area contributed by atoms with Crippen molar-refractivity contribution in [1.29, 1.82) is 0 Å². The number of aromatic nitrogens is 2. The molecule has 0 radical (unpaired) electrons. The fraction of sp³-hybridized carbons (Fsp3) is 0.389. The van der Waals surface area contributed by atoms with E-state index in [4.69, 9.17) is 0 Å². The lowest BCUT2D eigenvalue weighted by molar-refractivity contribution is 0.0746. The zero-order chi connectivity index (χ0) is 16.5. The van der Waals surface area contributed by atoms with Gasteiger partial charge in [-0.1, -0.05) is 0 Å². The molecule has 0 N–H and O–H groups in total. The number of nitrogens with zero attached hydrogens (tertiary/aromatic N) is 4. The van der Waals surface area contributed by atoms with Gasteiger partial charge in [0.1, 0.15) is 5.82 Å². The molecule has 2 fully saturated rings. The van der Waals surface area contributed by atoms with E-state index in [1.165, 1.54) is 37.1 Å². The first kappa shape index (κ1) is 15.1. The van der Waals surface area contributed by atoms with Gasteiger partial charge in [-0.3, -0.25) is 4.79 Å². The lowest BCUT2D eigenvalue weighted by atomic mass is 10.1. The number of halogens is 1. The number of rotatable bonds is 3. The van der Waals surface area contributed by atoms with E-state index in [0.29, 0.717) is 24.6 Å². The van der Waals surface area contributed by atoms with E-state index in [-0.39, 0.29) is 11.7 Å². The average molecular weight is 326 g/mol. The number of carbonyl (C=O) groups excluding carboxylic acids is 1. The highest BCUT2D eigenvalue weighted by atomic mass is 19.1. The molecule has 4 rings (SSSR count). The number of benzene rings is 1. The Labute approximate surface area is 140 Å². The summed E-state index contributed by atoms with van der Waals surface area (Å²) >= 11 is 0. The van der Waals surface area contributed by atoms with Gasteiger partial charge in [-0.25, -0.2) is 4.39 Å². The van der Waals surface area contributed by atoms with Crippen LogP contribution in [0.2, 0.25) is 0 Å². The van der Waals surface area contributed by atoms with E-state index < -0.39 is 0 Å². The summed E-state index contributed by atoms with van der Waals surface area (Å²) in [5, 5.41) is 8.65. The lowest BCUT2D eigenvalue weighted by Gasteiger charge is -2.35. The summed E-state index contributed by atoms with van der Waals surface area (Å²) in [6.07, 6.45) is 2.44. The van der Waals surface area contributed by atoms with E-state index in [1.807, 2.05) is 6.07 Å². The molecule has 124 valence electrons. The minimum absolute atomic E-state index is 0.0511. The number of anilines is 1. The Morgan fingerprint density at radius 1 is 0.958 bits per heavy atom. The predicted molar refractivity (Wildman–Crippen MR) is 88.5 cm³/mol. The van der Waals surface area contributed by atoms with Gasteiger partial charge in [0.2, 0.25) is 0 Å². The maximum absolute atomic E-state index is 13.0. The zero-order valence-electron chi connectivity index (χ0n) is 13.4. The molecule has 0 spiro atoms. The van der Waals surface area contributed by atoms with Crippen LogP contribution in [0.3, 0.4) is 0 Å². The molecule has 2 heterocycles. The Morgan fingerprint density at radius 2 is 1.67 bits per heavy atom. The van der Waals surface area contributed by atoms with Crippen molar-refractivity contribution in [1.82, 2.24) is 15.1 Å². The second-order valence-electron chi connectivity index (χ2n) is 6.38. The first-order valence-electron chi connectivity index (χ1n) is 8.34. The second kappa shape index (κ2) is 6.19. The third kappa shape index (κ3) is 3.09. The average Bonchev–Trinajstić information content (AvgIpc) is 3.47. The molecule has 1 aromatic carbocycles. The van der Waals surface area contributed by atoms with Crippen molar-refractivity contribution in [2.75, 3.05) is 31.1 Å². The van der Waals surface area contributed by atoms with Gasteiger partial charge in [0.15, 0.2) is 5.82 Å². The van der Waals surface area contributed by atoms with E-state index in [9.17, 15) is 9.18 Å². The third-order valence-corrected chi connectivity index (χ3v) is 4.65. The number of hydrogen-bond donors (Lipinski definition) is 0. The van der Waals surface area contributed by atoms with Crippen LogP contribution < -0.4 is 4.90 Å². The lowest BCUT2D eigenvalue weighted by Crippen LogP contribution is -2.49.